The minimum absolute atomic E-state index is 0.472. The molecular formula is C17H18N4S. The SMILES string of the molecule is c1ccc(-n2cc(CN3CCC[C@@H]3c3nccs3)cn2)cc1. The van der Waals surface area contributed by atoms with Gasteiger partial charge in [-0.1, -0.05) is 18.2 Å². The number of nitrogens with zero attached hydrogens (tertiary/aromatic N) is 4. The molecule has 1 atom stereocenters. The zero-order chi connectivity index (χ0) is 14.8. The Hall–Kier alpha value is -1.98. The van der Waals surface area contributed by atoms with Crippen molar-refractivity contribution in [2.45, 2.75) is 25.4 Å². The standard InChI is InChI=1S/C17H18N4S/c1-2-5-15(6-3-1)21-13-14(11-19-21)12-20-9-4-7-16(20)17-18-8-10-22-17/h1-3,5-6,8,10-11,13,16H,4,7,9,12H2/t16-/m1/s1. The van der Waals surface area contributed by atoms with Crippen LogP contribution in [0.25, 0.3) is 5.69 Å². The summed E-state index contributed by atoms with van der Waals surface area (Å²) in [6.07, 6.45) is 8.47. The Morgan fingerprint density at radius 1 is 1.23 bits per heavy atom. The molecular weight excluding hydrogens is 292 g/mol. The largest absolute Gasteiger partial charge is 0.290 e. The van der Waals surface area contributed by atoms with Gasteiger partial charge in [0, 0.05) is 29.9 Å². The summed E-state index contributed by atoms with van der Waals surface area (Å²) in [5, 5.41) is 7.81. The van der Waals surface area contributed by atoms with Crippen LogP contribution in [0.5, 0.6) is 0 Å². The first-order valence-electron chi connectivity index (χ1n) is 7.62. The van der Waals surface area contributed by atoms with Crippen LogP contribution in [0, 0.1) is 0 Å². The number of thiazole rings is 1. The van der Waals surface area contributed by atoms with Crippen LogP contribution in [-0.4, -0.2) is 26.2 Å². The van der Waals surface area contributed by atoms with Crippen molar-refractivity contribution in [2.24, 2.45) is 0 Å². The summed E-state index contributed by atoms with van der Waals surface area (Å²) < 4.78 is 1.95. The molecule has 22 heavy (non-hydrogen) atoms. The van der Waals surface area contributed by atoms with E-state index in [0.717, 1.165) is 18.8 Å². The molecule has 1 aliphatic rings. The summed E-state index contributed by atoms with van der Waals surface area (Å²) in [5.74, 6) is 0. The van der Waals surface area contributed by atoms with Crippen molar-refractivity contribution in [2.75, 3.05) is 6.54 Å². The molecule has 3 aromatic rings. The fourth-order valence-electron chi connectivity index (χ4n) is 3.09. The molecule has 1 saturated heterocycles. The van der Waals surface area contributed by atoms with E-state index < -0.39 is 0 Å². The lowest BCUT2D eigenvalue weighted by Crippen LogP contribution is -2.22. The van der Waals surface area contributed by atoms with Gasteiger partial charge in [0.2, 0.25) is 0 Å². The van der Waals surface area contributed by atoms with Crippen LogP contribution in [0.1, 0.15) is 29.5 Å². The second kappa shape index (κ2) is 6.02. The Labute approximate surface area is 134 Å². The second-order valence-electron chi connectivity index (χ2n) is 5.63. The molecule has 5 heteroatoms. The number of para-hydroxylation sites is 1. The molecule has 1 aliphatic heterocycles. The van der Waals surface area contributed by atoms with Gasteiger partial charge < -0.3 is 0 Å². The highest BCUT2D eigenvalue weighted by Crippen LogP contribution is 2.34. The highest BCUT2D eigenvalue weighted by atomic mass is 32.1. The van der Waals surface area contributed by atoms with Crippen LogP contribution >= 0.6 is 11.3 Å². The van der Waals surface area contributed by atoms with Gasteiger partial charge in [-0.2, -0.15) is 5.10 Å². The summed E-state index contributed by atoms with van der Waals surface area (Å²) in [4.78, 5) is 7.02. The average molecular weight is 310 g/mol. The van der Waals surface area contributed by atoms with Gasteiger partial charge in [-0.15, -0.1) is 11.3 Å². The average Bonchev–Trinajstić information content (AvgIpc) is 3.30. The minimum Gasteiger partial charge on any atom is -0.290 e. The minimum atomic E-state index is 0.472. The number of aromatic nitrogens is 3. The summed E-state index contributed by atoms with van der Waals surface area (Å²) in [6.45, 7) is 2.08. The number of benzene rings is 1. The fraction of sp³-hybridized carbons (Fsp3) is 0.294. The Kier molecular flexibility index (Phi) is 3.74. The zero-order valence-electron chi connectivity index (χ0n) is 12.3. The van der Waals surface area contributed by atoms with E-state index in [-0.39, 0.29) is 0 Å². The predicted octanol–water partition coefficient (Wildman–Crippen LogP) is 3.67. The van der Waals surface area contributed by atoms with Crippen LogP contribution in [0.15, 0.2) is 54.3 Å². The molecule has 0 unspecified atom stereocenters. The normalized spacial score (nSPS) is 18.8. The summed E-state index contributed by atoms with van der Waals surface area (Å²) in [6, 6.07) is 10.7. The van der Waals surface area contributed by atoms with Gasteiger partial charge >= 0.3 is 0 Å². The lowest BCUT2D eigenvalue weighted by molar-refractivity contribution is 0.248. The third-order valence-electron chi connectivity index (χ3n) is 4.14. The van der Waals surface area contributed by atoms with E-state index in [1.807, 2.05) is 35.3 Å². The maximum atomic E-state index is 4.50. The van der Waals surface area contributed by atoms with E-state index >= 15 is 0 Å². The molecule has 1 fully saturated rings. The van der Waals surface area contributed by atoms with Crippen LogP contribution in [0.3, 0.4) is 0 Å². The molecule has 0 N–H and O–H groups in total. The quantitative estimate of drug-likeness (QED) is 0.737. The highest BCUT2D eigenvalue weighted by Gasteiger charge is 2.27. The van der Waals surface area contributed by atoms with Crippen molar-refractivity contribution in [3.05, 3.63) is 64.9 Å². The van der Waals surface area contributed by atoms with Gasteiger partial charge in [0.1, 0.15) is 5.01 Å². The van der Waals surface area contributed by atoms with Gasteiger partial charge in [0.15, 0.2) is 0 Å². The number of likely N-dealkylation sites (tertiary alicyclic amines) is 1. The first-order valence-corrected chi connectivity index (χ1v) is 8.50. The van der Waals surface area contributed by atoms with E-state index in [4.69, 9.17) is 0 Å². The maximum Gasteiger partial charge on any atom is 0.110 e. The zero-order valence-corrected chi connectivity index (χ0v) is 13.1. The molecule has 112 valence electrons. The third-order valence-corrected chi connectivity index (χ3v) is 5.02. The molecule has 1 aromatic carbocycles. The topological polar surface area (TPSA) is 34.0 Å². The number of hydrogen-bond donors (Lipinski definition) is 0. The van der Waals surface area contributed by atoms with Gasteiger partial charge in [0.05, 0.1) is 17.9 Å². The van der Waals surface area contributed by atoms with Crippen molar-refractivity contribution in [3.63, 3.8) is 0 Å². The van der Waals surface area contributed by atoms with E-state index in [2.05, 4.69) is 38.7 Å². The Balaban J connectivity index is 1.51. The van der Waals surface area contributed by atoms with E-state index in [0.29, 0.717) is 6.04 Å². The monoisotopic (exact) mass is 310 g/mol. The number of hydrogen-bond acceptors (Lipinski definition) is 4. The van der Waals surface area contributed by atoms with Crippen molar-refractivity contribution >= 4 is 11.3 Å². The molecule has 0 aliphatic carbocycles. The predicted molar refractivity (Wildman–Crippen MR) is 88.1 cm³/mol. The Morgan fingerprint density at radius 2 is 2.14 bits per heavy atom. The fourth-order valence-corrected chi connectivity index (χ4v) is 3.90. The molecule has 0 spiro atoms. The molecule has 4 rings (SSSR count). The van der Waals surface area contributed by atoms with Gasteiger partial charge in [-0.3, -0.25) is 4.90 Å². The Bertz CT molecular complexity index is 720. The first-order chi connectivity index (χ1) is 10.9. The van der Waals surface area contributed by atoms with E-state index in [1.54, 1.807) is 11.3 Å². The van der Waals surface area contributed by atoms with Crippen LogP contribution < -0.4 is 0 Å². The molecule has 0 radical (unpaired) electrons. The molecule has 0 saturated carbocycles. The van der Waals surface area contributed by atoms with E-state index in [1.165, 1.54) is 23.4 Å². The molecule has 3 heterocycles. The molecule has 2 aromatic heterocycles. The van der Waals surface area contributed by atoms with Crippen molar-refractivity contribution < 1.29 is 0 Å². The molecule has 0 bridgehead atoms. The van der Waals surface area contributed by atoms with Crippen molar-refractivity contribution in [1.29, 1.82) is 0 Å². The van der Waals surface area contributed by atoms with Crippen LogP contribution in [-0.2, 0) is 6.54 Å². The Morgan fingerprint density at radius 3 is 2.95 bits per heavy atom. The van der Waals surface area contributed by atoms with Gasteiger partial charge in [-0.25, -0.2) is 9.67 Å². The summed E-state index contributed by atoms with van der Waals surface area (Å²) >= 11 is 1.76. The maximum absolute atomic E-state index is 4.50. The molecule has 4 nitrogen and oxygen atoms in total. The van der Waals surface area contributed by atoms with Crippen LogP contribution in [0.4, 0.5) is 0 Å². The molecule has 0 amide bonds. The lowest BCUT2D eigenvalue weighted by atomic mass is 10.2. The van der Waals surface area contributed by atoms with Crippen molar-refractivity contribution in [1.82, 2.24) is 19.7 Å². The van der Waals surface area contributed by atoms with Gasteiger partial charge in [0.25, 0.3) is 0 Å². The van der Waals surface area contributed by atoms with Gasteiger partial charge in [-0.05, 0) is 31.5 Å². The lowest BCUT2D eigenvalue weighted by Gasteiger charge is -2.21. The van der Waals surface area contributed by atoms with Crippen LogP contribution in [0.2, 0.25) is 0 Å². The third kappa shape index (κ3) is 2.69. The first kappa shape index (κ1) is 13.7. The summed E-state index contributed by atoms with van der Waals surface area (Å²) in [7, 11) is 0. The summed E-state index contributed by atoms with van der Waals surface area (Å²) in [5.41, 5.74) is 2.36. The van der Waals surface area contributed by atoms with Crippen molar-refractivity contribution in [3.8, 4) is 5.69 Å². The smallest absolute Gasteiger partial charge is 0.110 e. The second-order valence-corrected chi connectivity index (χ2v) is 6.55. The van der Waals surface area contributed by atoms with E-state index in [9.17, 15) is 0 Å². The number of rotatable bonds is 4. The highest BCUT2D eigenvalue weighted by molar-refractivity contribution is 7.09.